The van der Waals surface area contributed by atoms with Crippen LogP contribution in [0.1, 0.15) is 23.5 Å². The van der Waals surface area contributed by atoms with E-state index in [0.717, 1.165) is 16.9 Å². The molecule has 0 radical (unpaired) electrons. The molecule has 2 N–H and O–H groups in total. The second-order valence-electron chi connectivity index (χ2n) is 7.34. The van der Waals surface area contributed by atoms with Gasteiger partial charge in [0, 0.05) is 17.4 Å². The lowest BCUT2D eigenvalue weighted by Crippen LogP contribution is -2.29. The Morgan fingerprint density at radius 3 is 2.50 bits per heavy atom. The summed E-state index contributed by atoms with van der Waals surface area (Å²) in [4.78, 5) is 6.51. The van der Waals surface area contributed by atoms with Crippen LogP contribution in [0.2, 0.25) is 10.0 Å². The van der Waals surface area contributed by atoms with Crippen LogP contribution in [0.4, 0.5) is 5.69 Å². The molecule has 32 heavy (non-hydrogen) atoms. The van der Waals surface area contributed by atoms with E-state index in [4.69, 9.17) is 39.8 Å². The number of aromatic nitrogens is 1. The van der Waals surface area contributed by atoms with E-state index < -0.39 is 0 Å². The standard InChI is InChI=1S/C24H17Cl2N3O2S/c25-17-9-4-14(13-18(17)26)20-10-11-21(31-20)23-22(19-3-1-2-12-27-19)28-24(32)29(23)15-5-7-16(30)8-6-15/h1-13,22-23,30H,(H,28,32)/t22-,23-/m1/s1. The van der Waals surface area contributed by atoms with Crippen molar-refractivity contribution in [3.8, 4) is 17.1 Å². The molecule has 4 aromatic rings. The number of aromatic hydroxyl groups is 1. The van der Waals surface area contributed by atoms with Gasteiger partial charge in [-0.25, -0.2) is 0 Å². The van der Waals surface area contributed by atoms with E-state index >= 15 is 0 Å². The summed E-state index contributed by atoms with van der Waals surface area (Å²) in [5.41, 5.74) is 2.49. The van der Waals surface area contributed by atoms with Crippen molar-refractivity contribution in [2.24, 2.45) is 0 Å². The number of phenolic OH excluding ortho intramolecular Hbond substituents is 1. The lowest BCUT2D eigenvalue weighted by atomic mass is 10.0. The van der Waals surface area contributed by atoms with Gasteiger partial charge in [-0.05, 0) is 78.9 Å². The SMILES string of the molecule is Oc1ccc(N2C(=S)N[C@H](c3ccccn3)[C@H]2c2ccc(-c3ccc(Cl)c(Cl)c3)o2)cc1. The molecule has 2 aromatic carbocycles. The molecular weight excluding hydrogens is 465 g/mol. The average molecular weight is 482 g/mol. The zero-order valence-electron chi connectivity index (χ0n) is 16.6. The third kappa shape index (κ3) is 3.81. The maximum Gasteiger partial charge on any atom is 0.174 e. The van der Waals surface area contributed by atoms with E-state index in [1.54, 1.807) is 30.5 Å². The molecule has 8 heteroatoms. The molecule has 3 heterocycles. The van der Waals surface area contributed by atoms with Gasteiger partial charge in [-0.1, -0.05) is 29.3 Å². The molecule has 1 aliphatic rings. The average Bonchev–Trinajstić information content (AvgIpc) is 3.41. The molecule has 0 aliphatic carbocycles. The van der Waals surface area contributed by atoms with Crippen LogP contribution < -0.4 is 10.2 Å². The quantitative estimate of drug-likeness (QED) is 0.323. The first-order valence-electron chi connectivity index (χ1n) is 9.86. The van der Waals surface area contributed by atoms with Crippen molar-refractivity contribution in [3.05, 3.63) is 100 Å². The Hall–Kier alpha value is -3.06. The van der Waals surface area contributed by atoms with Gasteiger partial charge in [-0.3, -0.25) is 4.98 Å². The molecule has 5 nitrogen and oxygen atoms in total. The molecule has 5 rings (SSSR count). The van der Waals surface area contributed by atoms with Crippen molar-refractivity contribution in [1.82, 2.24) is 10.3 Å². The van der Waals surface area contributed by atoms with E-state index in [1.807, 2.05) is 53.4 Å². The van der Waals surface area contributed by atoms with Crippen LogP contribution in [0.25, 0.3) is 11.3 Å². The molecule has 0 saturated carbocycles. The normalized spacial score (nSPS) is 18.1. The Bertz CT molecular complexity index is 1280. The van der Waals surface area contributed by atoms with Gasteiger partial charge in [0.25, 0.3) is 0 Å². The predicted octanol–water partition coefficient (Wildman–Crippen LogP) is 6.53. The summed E-state index contributed by atoms with van der Waals surface area (Å²) in [7, 11) is 0. The minimum atomic E-state index is -0.293. The van der Waals surface area contributed by atoms with E-state index in [2.05, 4.69) is 10.3 Å². The highest BCUT2D eigenvalue weighted by molar-refractivity contribution is 7.80. The molecule has 2 atom stereocenters. The third-order valence-corrected chi connectivity index (χ3v) is 6.40. The highest BCUT2D eigenvalue weighted by atomic mass is 35.5. The summed E-state index contributed by atoms with van der Waals surface area (Å²) in [5.74, 6) is 1.56. The zero-order valence-corrected chi connectivity index (χ0v) is 18.9. The summed E-state index contributed by atoms with van der Waals surface area (Å²) in [6.45, 7) is 0. The van der Waals surface area contributed by atoms with Crippen LogP contribution in [-0.2, 0) is 0 Å². The van der Waals surface area contributed by atoms with Crippen LogP contribution in [0, 0.1) is 0 Å². The lowest BCUT2D eigenvalue weighted by Gasteiger charge is -2.26. The minimum absolute atomic E-state index is 0.185. The molecule has 1 fully saturated rings. The van der Waals surface area contributed by atoms with Gasteiger partial charge in [0.2, 0.25) is 0 Å². The Labute approximate surface area is 200 Å². The number of nitrogens with one attached hydrogen (secondary N) is 1. The molecule has 0 bridgehead atoms. The summed E-state index contributed by atoms with van der Waals surface area (Å²) >= 11 is 18.0. The zero-order chi connectivity index (χ0) is 22.2. The fraction of sp³-hybridized carbons (Fsp3) is 0.0833. The smallest absolute Gasteiger partial charge is 0.174 e. The lowest BCUT2D eigenvalue weighted by molar-refractivity contribution is 0.439. The number of nitrogens with zero attached hydrogens (tertiary/aromatic N) is 2. The molecule has 160 valence electrons. The van der Waals surface area contributed by atoms with Crippen molar-refractivity contribution < 1.29 is 9.52 Å². The number of rotatable bonds is 4. The number of hydrogen-bond donors (Lipinski definition) is 2. The summed E-state index contributed by atoms with van der Waals surface area (Å²) < 4.78 is 6.30. The third-order valence-electron chi connectivity index (χ3n) is 5.35. The molecule has 0 unspecified atom stereocenters. The minimum Gasteiger partial charge on any atom is -0.508 e. The summed E-state index contributed by atoms with van der Waals surface area (Å²) in [6, 6.07) is 21.4. The van der Waals surface area contributed by atoms with Gasteiger partial charge in [0.1, 0.15) is 23.3 Å². The van der Waals surface area contributed by atoms with Gasteiger partial charge in [0.05, 0.1) is 21.8 Å². The van der Waals surface area contributed by atoms with Gasteiger partial charge >= 0.3 is 0 Å². The van der Waals surface area contributed by atoms with Crippen LogP contribution in [0.15, 0.2) is 83.4 Å². The van der Waals surface area contributed by atoms with Crippen molar-refractivity contribution in [3.63, 3.8) is 0 Å². The van der Waals surface area contributed by atoms with Crippen molar-refractivity contribution in [2.45, 2.75) is 12.1 Å². The molecule has 1 aliphatic heterocycles. The Kier molecular flexibility index (Phi) is 5.51. The van der Waals surface area contributed by atoms with Gasteiger partial charge in [-0.15, -0.1) is 0 Å². The fourth-order valence-electron chi connectivity index (χ4n) is 3.85. The first-order valence-corrected chi connectivity index (χ1v) is 11.0. The van der Waals surface area contributed by atoms with Crippen LogP contribution in [0.5, 0.6) is 5.75 Å². The first kappa shape index (κ1) is 20.8. The number of furan rings is 1. The first-order chi connectivity index (χ1) is 15.5. The molecule has 1 saturated heterocycles. The van der Waals surface area contributed by atoms with E-state index in [1.165, 1.54) is 0 Å². The largest absolute Gasteiger partial charge is 0.508 e. The number of pyridine rings is 1. The summed E-state index contributed by atoms with van der Waals surface area (Å²) in [6.07, 6.45) is 1.75. The maximum atomic E-state index is 9.73. The number of phenols is 1. The highest BCUT2D eigenvalue weighted by Crippen LogP contribution is 2.43. The highest BCUT2D eigenvalue weighted by Gasteiger charge is 2.42. The fourth-order valence-corrected chi connectivity index (χ4v) is 4.50. The number of thiocarbonyl (C=S) groups is 1. The van der Waals surface area contributed by atoms with Gasteiger partial charge in [0.15, 0.2) is 5.11 Å². The van der Waals surface area contributed by atoms with E-state index in [-0.39, 0.29) is 17.8 Å². The summed E-state index contributed by atoms with van der Waals surface area (Å²) in [5, 5.41) is 14.6. The van der Waals surface area contributed by atoms with Crippen molar-refractivity contribution in [1.29, 1.82) is 0 Å². The molecule has 0 spiro atoms. The number of halogens is 2. The number of benzene rings is 2. The number of hydrogen-bond acceptors (Lipinski definition) is 4. The van der Waals surface area contributed by atoms with E-state index in [9.17, 15) is 5.11 Å². The van der Waals surface area contributed by atoms with Crippen molar-refractivity contribution >= 4 is 46.2 Å². The monoisotopic (exact) mass is 481 g/mol. The van der Waals surface area contributed by atoms with E-state index in [0.29, 0.717) is 26.7 Å². The predicted molar refractivity (Wildman–Crippen MR) is 130 cm³/mol. The van der Waals surface area contributed by atoms with Crippen molar-refractivity contribution in [2.75, 3.05) is 4.90 Å². The van der Waals surface area contributed by atoms with Crippen LogP contribution in [0.3, 0.4) is 0 Å². The van der Waals surface area contributed by atoms with Gasteiger partial charge < -0.3 is 19.7 Å². The Balaban J connectivity index is 1.59. The molecule has 0 amide bonds. The molecular formula is C24H17Cl2N3O2S. The molecule has 2 aromatic heterocycles. The Morgan fingerprint density at radius 2 is 1.78 bits per heavy atom. The van der Waals surface area contributed by atoms with Gasteiger partial charge in [-0.2, -0.15) is 0 Å². The second kappa shape index (κ2) is 8.47. The van der Waals surface area contributed by atoms with Crippen LogP contribution >= 0.6 is 35.4 Å². The Morgan fingerprint density at radius 1 is 0.969 bits per heavy atom. The van der Waals surface area contributed by atoms with Crippen LogP contribution in [-0.4, -0.2) is 15.2 Å². The maximum absolute atomic E-state index is 9.73. The second-order valence-corrected chi connectivity index (χ2v) is 8.55. The topological polar surface area (TPSA) is 61.5 Å². The number of anilines is 1.